The van der Waals surface area contributed by atoms with E-state index in [0.29, 0.717) is 18.8 Å². The highest BCUT2D eigenvalue weighted by molar-refractivity contribution is 7.87. The fraction of sp³-hybridized carbons (Fsp3) is 0.833. The van der Waals surface area contributed by atoms with Crippen LogP contribution in [0.3, 0.4) is 0 Å². The maximum absolute atomic E-state index is 11.8. The Morgan fingerprint density at radius 2 is 2.04 bits per heavy atom. The van der Waals surface area contributed by atoms with E-state index in [1.165, 1.54) is 6.92 Å². The van der Waals surface area contributed by atoms with E-state index >= 15 is 0 Å². The van der Waals surface area contributed by atoms with E-state index < -0.39 is 22.4 Å². The summed E-state index contributed by atoms with van der Waals surface area (Å²) < 4.78 is 33.1. The van der Waals surface area contributed by atoms with Crippen molar-refractivity contribution < 1.29 is 18.0 Å². The van der Waals surface area contributed by atoms with Crippen molar-refractivity contribution >= 4 is 10.2 Å². The molecule has 134 valence electrons. The second kappa shape index (κ2) is 9.25. The molecule has 1 aromatic heterocycles. The zero-order chi connectivity index (χ0) is 17.5. The summed E-state index contributed by atoms with van der Waals surface area (Å²) in [5.41, 5.74) is 11.3. The molecule has 3 unspecified atom stereocenters. The lowest BCUT2D eigenvalue weighted by atomic mass is 10.1. The van der Waals surface area contributed by atoms with Gasteiger partial charge in [-0.25, -0.2) is 0 Å². The van der Waals surface area contributed by atoms with Crippen LogP contribution < -0.4 is 20.9 Å². The van der Waals surface area contributed by atoms with Gasteiger partial charge in [0.05, 0.1) is 18.7 Å². The lowest BCUT2D eigenvalue weighted by Crippen LogP contribution is -2.45. The van der Waals surface area contributed by atoms with Crippen LogP contribution in [-0.2, 0) is 16.8 Å². The largest absolute Gasteiger partial charge is 0.392 e. The Hall–Kier alpha value is -1.11. The van der Waals surface area contributed by atoms with Gasteiger partial charge < -0.3 is 21.1 Å². The molecule has 11 heteroatoms. The van der Waals surface area contributed by atoms with Gasteiger partial charge in [0.25, 0.3) is 10.2 Å². The SMILES string of the molecule is CC(O)C(C)NS(=O)(=O)NCc1nc(C(N)CCCCN)no1. The normalized spacial score (nSPS) is 16.2. The molecule has 0 aliphatic carbocycles. The van der Waals surface area contributed by atoms with Crippen molar-refractivity contribution in [1.82, 2.24) is 19.6 Å². The van der Waals surface area contributed by atoms with Gasteiger partial charge >= 0.3 is 0 Å². The summed E-state index contributed by atoms with van der Waals surface area (Å²) in [6, 6.07) is -0.995. The highest BCUT2D eigenvalue weighted by atomic mass is 32.2. The molecule has 3 atom stereocenters. The molecule has 1 rings (SSSR count). The van der Waals surface area contributed by atoms with Gasteiger partial charge in [-0.2, -0.15) is 22.8 Å². The van der Waals surface area contributed by atoms with E-state index in [4.69, 9.17) is 16.0 Å². The van der Waals surface area contributed by atoms with Crippen molar-refractivity contribution in [3.05, 3.63) is 11.7 Å². The van der Waals surface area contributed by atoms with Gasteiger partial charge in [-0.05, 0) is 33.2 Å². The van der Waals surface area contributed by atoms with E-state index in [1.807, 2.05) is 0 Å². The van der Waals surface area contributed by atoms with Crippen LogP contribution in [0, 0.1) is 0 Å². The van der Waals surface area contributed by atoms with Gasteiger partial charge in [-0.3, -0.25) is 0 Å². The summed E-state index contributed by atoms with van der Waals surface area (Å²) in [6.07, 6.45) is 1.59. The zero-order valence-corrected chi connectivity index (χ0v) is 14.2. The first-order valence-electron chi connectivity index (χ1n) is 7.48. The summed E-state index contributed by atoms with van der Waals surface area (Å²) >= 11 is 0. The average molecular weight is 350 g/mol. The molecule has 7 N–H and O–H groups in total. The van der Waals surface area contributed by atoms with Gasteiger partial charge in [-0.1, -0.05) is 11.6 Å². The molecule has 0 amide bonds. The molecular formula is C12H26N6O4S. The summed E-state index contributed by atoms with van der Waals surface area (Å²) in [6.45, 7) is 3.48. The van der Waals surface area contributed by atoms with Crippen LogP contribution in [0.4, 0.5) is 0 Å². The topological polar surface area (TPSA) is 169 Å². The zero-order valence-electron chi connectivity index (χ0n) is 13.4. The Morgan fingerprint density at radius 3 is 2.65 bits per heavy atom. The first kappa shape index (κ1) is 19.9. The predicted octanol–water partition coefficient (Wildman–Crippen LogP) is -1.11. The predicted molar refractivity (Wildman–Crippen MR) is 84.2 cm³/mol. The molecule has 1 heterocycles. The third kappa shape index (κ3) is 7.33. The Labute approximate surface area is 136 Å². The van der Waals surface area contributed by atoms with E-state index in [2.05, 4.69) is 19.6 Å². The number of aliphatic hydroxyl groups excluding tert-OH is 1. The minimum atomic E-state index is -3.79. The fourth-order valence-corrected chi connectivity index (χ4v) is 2.75. The number of nitrogens with one attached hydrogen (secondary N) is 2. The number of nitrogens with zero attached hydrogens (tertiary/aromatic N) is 2. The second-order valence-electron chi connectivity index (χ2n) is 5.41. The first-order chi connectivity index (χ1) is 10.7. The monoisotopic (exact) mass is 350 g/mol. The molecule has 23 heavy (non-hydrogen) atoms. The van der Waals surface area contributed by atoms with Crippen molar-refractivity contribution in [1.29, 1.82) is 0 Å². The average Bonchev–Trinajstić information content (AvgIpc) is 2.94. The number of aromatic nitrogens is 2. The molecule has 0 spiro atoms. The van der Waals surface area contributed by atoms with E-state index in [9.17, 15) is 13.5 Å². The molecule has 0 aliphatic rings. The van der Waals surface area contributed by atoms with Crippen LogP contribution in [0.2, 0.25) is 0 Å². The molecule has 0 radical (unpaired) electrons. The Kier molecular flexibility index (Phi) is 8.02. The lowest BCUT2D eigenvalue weighted by Gasteiger charge is -2.16. The minimum Gasteiger partial charge on any atom is -0.392 e. The molecule has 0 saturated heterocycles. The third-order valence-corrected chi connectivity index (χ3v) is 4.47. The summed E-state index contributed by atoms with van der Waals surface area (Å²) in [5.74, 6) is 0.450. The van der Waals surface area contributed by atoms with E-state index in [1.54, 1.807) is 6.92 Å². The van der Waals surface area contributed by atoms with Crippen molar-refractivity contribution in [3.63, 3.8) is 0 Å². The molecule has 0 fully saturated rings. The molecule has 1 aromatic rings. The maximum Gasteiger partial charge on any atom is 0.277 e. The van der Waals surface area contributed by atoms with Gasteiger partial charge in [0, 0.05) is 6.04 Å². The summed E-state index contributed by atoms with van der Waals surface area (Å²) in [7, 11) is -3.79. The van der Waals surface area contributed by atoms with Crippen molar-refractivity contribution in [2.45, 2.75) is 57.8 Å². The third-order valence-electron chi connectivity index (χ3n) is 3.26. The molecule has 0 saturated carbocycles. The standard InChI is InChI=1S/C12H26N6O4S/c1-8(9(2)19)18-23(20,21)15-7-11-16-12(17-22-11)10(14)5-3-4-6-13/h8-10,15,18-19H,3-7,13-14H2,1-2H3. The number of hydrogen-bond acceptors (Lipinski definition) is 8. The maximum atomic E-state index is 11.8. The molecule has 0 aromatic carbocycles. The Balaban J connectivity index is 2.50. The number of aliphatic hydroxyl groups is 1. The quantitative estimate of drug-likeness (QED) is 0.313. The number of unbranched alkanes of at least 4 members (excludes halogenated alkanes) is 1. The highest BCUT2D eigenvalue weighted by Gasteiger charge is 2.19. The Bertz CT molecular complexity index is 562. The minimum absolute atomic E-state index is 0.115. The van der Waals surface area contributed by atoms with E-state index in [0.717, 1.165) is 12.8 Å². The molecule has 0 aliphatic heterocycles. The highest BCUT2D eigenvalue weighted by Crippen LogP contribution is 2.13. The van der Waals surface area contributed by atoms with Gasteiger partial charge in [-0.15, -0.1) is 0 Å². The second-order valence-corrected chi connectivity index (χ2v) is 6.94. The number of rotatable bonds is 11. The van der Waals surface area contributed by atoms with Crippen LogP contribution in [0.25, 0.3) is 0 Å². The smallest absolute Gasteiger partial charge is 0.277 e. The van der Waals surface area contributed by atoms with Crippen LogP contribution in [0.1, 0.15) is 50.9 Å². The van der Waals surface area contributed by atoms with Crippen molar-refractivity contribution in [2.24, 2.45) is 11.5 Å². The van der Waals surface area contributed by atoms with Gasteiger partial charge in [0.15, 0.2) is 5.82 Å². The first-order valence-corrected chi connectivity index (χ1v) is 8.96. The number of hydrogen-bond donors (Lipinski definition) is 5. The van der Waals surface area contributed by atoms with Gasteiger partial charge in [0.1, 0.15) is 0 Å². The molecule has 0 bridgehead atoms. The van der Waals surface area contributed by atoms with E-state index in [-0.39, 0.29) is 18.5 Å². The van der Waals surface area contributed by atoms with Crippen molar-refractivity contribution in [3.8, 4) is 0 Å². The van der Waals surface area contributed by atoms with Crippen LogP contribution in [0.5, 0.6) is 0 Å². The summed E-state index contributed by atoms with van der Waals surface area (Å²) in [4.78, 5) is 4.07. The molecule has 10 nitrogen and oxygen atoms in total. The fourth-order valence-electron chi connectivity index (χ4n) is 1.67. The van der Waals surface area contributed by atoms with Crippen LogP contribution in [0.15, 0.2) is 4.52 Å². The van der Waals surface area contributed by atoms with Crippen LogP contribution in [-0.4, -0.2) is 42.4 Å². The van der Waals surface area contributed by atoms with Crippen LogP contribution >= 0.6 is 0 Å². The van der Waals surface area contributed by atoms with Gasteiger partial charge in [0.2, 0.25) is 5.89 Å². The van der Waals surface area contributed by atoms with Crippen molar-refractivity contribution in [2.75, 3.05) is 6.54 Å². The Morgan fingerprint density at radius 1 is 1.35 bits per heavy atom. The number of nitrogens with two attached hydrogens (primary N) is 2. The molecular weight excluding hydrogens is 324 g/mol. The lowest BCUT2D eigenvalue weighted by molar-refractivity contribution is 0.163. The summed E-state index contributed by atoms with van der Waals surface area (Å²) in [5, 5.41) is 13.1.